The molecule has 2 aromatic rings. The third-order valence-electron chi connectivity index (χ3n) is 5.73. The average molecular weight is 445 g/mol. The van der Waals surface area contributed by atoms with Crippen molar-refractivity contribution in [2.45, 2.75) is 58.0 Å². The largest absolute Gasteiger partial charge is 0.497 e. The van der Waals surface area contributed by atoms with Crippen molar-refractivity contribution in [1.29, 1.82) is 0 Å². The van der Waals surface area contributed by atoms with Crippen LogP contribution in [0, 0.1) is 0 Å². The van der Waals surface area contributed by atoms with Crippen LogP contribution >= 0.6 is 0 Å². The number of hydrogen-bond acceptors (Lipinski definition) is 5. The van der Waals surface area contributed by atoms with Crippen LogP contribution < -0.4 is 4.74 Å². The van der Waals surface area contributed by atoms with E-state index in [1.165, 1.54) is 0 Å². The Labute approximate surface area is 187 Å². The first-order chi connectivity index (χ1) is 14.6. The fourth-order valence-electron chi connectivity index (χ4n) is 2.61. The zero-order valence-electron chi connectivity index (χ0n) is 19.6. The molecule has 0 heterocycles. The van der Waals surface area contributed by atoms with E-state index >= 15 is 0 Å². The highest BCUT2D eigenvalue weighted by Gasteiger charge is 2.37. The Morgan fingerprint density at radius 3 is 2.23 bits per heavy atom. The van der Waals surface area contributed by atoms with Gasteiger partial charge in [-0.25, -0.2) is 4.79 Å². The van der Waals surface area contributed by atoms with E-state index in [9.17, 15) is 4.79 Å². The van der Waals surface area contributed by atoms with Gasteiger partial charge >= 0.3 is 5.97 Å². The molecular weight excluding hydrogens is 408 g/mol. The molecule has 170 valence electrons. The van der Waals surface area contributed by atoms with Crippen molar-refractivity contribution in [2.75, 3.05) is 20.3 Å². The van der Waals surface area contributed by atoms with E-state index in [2.05, 4.69) is 33.9 Å². The van der Waals surface area contributed by atoms with Gasteiger partial charge in [-0.1, -0.05) is 51.1 Å². The summed E-state index contributed by atoms with van der Waals surface area (Å²) in [7, 11) is -0.304. The summed E-state index contributed by atoms with van der Waals surface area (Å²) in [4.78, 5) is 12.6. The monoisotopic (exact) mass is 444 g/mol. The molecule has 6 heteroatoms. The summed E-state index contributed by atoms with van der Waals surface area (Å²) in [6, 6.07) is 16.8. The van der Waals surface area contributed by atoms with Gasteiger partial charge < -0.3 is 18.6 Å². The summed E-state index contributed by atoms with van der Waals surface area (Å²) >= 11 is 0. The van der Waals surface area contributed by atoms with Crippen molar-refractivity contribution < 1.29 is 23.4 Å². The van der Waals surface area contributed by atoms with Crippen molar-refractivity contribution >= 4 is 14.3 Å². The van der Waals surface area contributed by atoms with Gasteiger partial charge in [-0.15, -0.1) is 0 Å². The molecule has 0 saturated carbocycles. The van der Waals surface area contributed by atoms with E-state index < -0.39 is 8.32 Å². The minimum absolute atomic E-state index is 0.0891. The molecule has 0 spiro atoms. The van der Waals surface area contributed by atoms with Crippen LogP contribution in [0.5, 0.6) is 5.75 Å². The number of rotatable bonds is 11. The molecule has 0 aliphatic heterocycles. The highest BCUT2D eigenvalue weighted by atomic mass is 28.4. The molecule has 0 fully saturated rings. The van der Waals surface area contributed by atoms with Crippen LogP contribution in [0.3, 0.4) is 0 Å². The van der Waals surface area contributed by atoms with Crippen LogP contribution in [0.2, 0.25) is 18.1 Å². The lowest BCUT2D eigenvalue weighted by atomic mass is 10.2. The van der Waals surface area contributed by atoms with E-state index in [0.717, 1.165) is 11.3 Å². The molecule has 5 nitrogen and oxygen atoms in total. The van der Waals surface area contributed by atoms with Gasteiger partial charge in [0.1, 0.15) is 11.9 Å². The fourth-order valence-corrected chi connectivity index (χ4v) is 3.65. The number of carbonyl (C=O) groups is 1. The van der Waals surface area contributed by atoms with Gasteiger partial charge in [0, 0.05) is 6.42 Å². The van der Waals surface area contributed by atoms with E-state index in [4.69, 9.17) is 18.6 Å². The minimum Gasteiger partial charge on any atom is -0.497 e. The van der Waals surface area contributed by atoms with Gasteiger partial charge in [0.05, 0.1) is 32.5 Å². The second kappa shape index (κ2) is 11.5. The third kappa shape index (κ3) is 8.13. The Morgan fingerprint density at radius 2 is 1.65 bits per heavy atom. The Kier molecular flexibility index (Phi) is 9.28. The zero-order chi connectivity index (χ0) is 22.9. The normalized spacial score (nSPS) is 13.0. The van der Waals surface area contributed by atoms with Crippen molar-refractivity contribution in [2.24, 2.45) is 0 Å². The topological polar surface area (TPSA) is 54.0 Å². The quantitative estimate of drug-likeness (QED) is 0.247. The number of methoxy groups -OCH3 is 1. The number of carbonyl (C=O) groups excluding carboxylic acids is 1. The minimum atomic E-state index is -1.95. The average Bonchev–Trinajstić information content (AvgIpc) is 2.75. The van der Waals surface area contributed by atoms with Crippen LogP contribution in [0.4, 0.5) is 0 Å². The van der Waals surface area contributed by atoms with Gasteiger partial charge in [-0.3, -0.25) is 0 Å². The lowest BCUT2D eigenvalue weighted by Gasteiger charge is -2.37. The number of benzene rings is 2. The molecule has 0 aliphatic carbocycles. The van der Waals surface area contributed by atoms with Crippen molar-refractivity contribution in [3.63, 3.8) is 0 Å². The van der Waals surface area contributed by atoms with Crippen LogP contribution in [0.25, 0.3) is 0 Å². The van der Waals surface area contributed by atoms with Crippen LogP contribution in [-0.2, 0) is 20.5 Å². The Morgan fingerprint density at radius 1 is 1.00 bits per heavy atom. The maximum atomic E-state index is 12.6. The fraction of sp³-hybridized carbons (Fsp3) is 0.480. The van der Waals surface area contributed by atoms with Crippen molar-refractivity contribution in [3.05, 3.63) is 65.7 Å². The first-order valence-corrected chi connectivity index (χ1v) is 13.6. The predicted molar refractivity (Wildman–Crippen MR) is 126 cm³/mol. The summed E-state index contributed by atoms with van der Waals surface area (Å²) in [6.45, 7) is 12.3. The van der Waals surface area contributed by atoms with Gasteiger partial charge in [-0.2, -0.15) is 0 Å². The molecule has 0 bridgehead atoms. The van der Waals surface area contributed by atoms with Gasteiger partial charge in [0.2, 0.25) is 0 Å². The van der Waals surface area contributed by atoms with Crippen LogP contribution in [-0.4, -0.2) is 40.7 Å². The third-order valence-corrected chi connectivity index (χ3v) is 10.2. The van der Waals surface area contributed by atoms with E-state index in [1.54, 1.807) is 19.2 Å². The number of hydrogen-bond donors (Lipinski definition) is 0. The molecule has 0 amide bonds. The first kappa shape index (κ1) is 25.1. The summed E-state index contributed by atoms with van der Waals surface area (Å²) in [5.41, 5.74) is 1.61. The molecule has 0 saturated heterocycles. The SMILES string of the molecule is COc1ccc(COCC[C@H](CO[Si](C)(C)C(C)(C)C)OC(=O)c2ccccc2)cc1. The molecule has 0 N–H and O–H groups in total. The van der Waals surface area contributed by atoms with Gasteiger partial charge in [-0.05, 0) is 48.0 Å². The lowest BCUT2D eigenvalue weighted by Crippen LogP contribution is -2.43. The van der Waals surface area contributed by atoms with Crippen molar-refractivity contribution in [3.8, 4) is 5.75 Å². The Bertz CT molecular complexity index is 797. The van der Waals surface area contributed by atoms with Crippen LogP contribution in [0.15, 0.2) is 54.6 Å². The molecule has 0 aliphatic rings. The molecule has 2 rings (SSSR count). The summed E-state index contributed by atoms with van der Waals surface area (Å²) in [5.74, 6) is 0.485. The molecule has 0 radical (unpaired) electrons. The second-order valence-corrected chi connectivity index (χ2v) is 14.0. The van der Waals surface area contributed by atoms with E-state index in [0.29, 0.717) is 31.8 Å². The predicted octanol–water partition coefficient (Wildman–Crippen LogP) is 5.85. The number of esters is 1. The van der Waals surface area contributed by atoms with Gasteiger partial charge in [0.15, 0.2) is 8.32 Å². The summed E-state index contributed by atoms with van der Waals surface area (Å²) < 4.78 is 23.1. The van der Waals surface area contributed by atoms with Gasteiger partial charge in [0.25, 0.3) is 0 Å². The standard InChI is InChI=1S/C25H36O5Si/c1-25(2,3)31(5,6)29-19-23(30-24(26)21-10-8-7-9-11-21)16-17-28-18-20-12-14-22(27-4)15-13-20/h7-15,23H,16-19H2,1-6H3/t23-/m1/s1. The maximum Gasteiger partial charge on any atom is 0.338 e. The molecule has 31 heavy (non-hydrogen) atoms. The number of ether oxygens (including phenoxy) is 3. The smallest absolute Gasteiger partial charge is 0.338 e. The van der Waals surface area contributed by atoms with E-state index in [-0.39, 0.29) is 17.1 Å². The summed E-state index contributed by atoms with van der Waals surface area (Å²) in [5, 5.41) is 0.0891. The van der Waals surface area contributed by atoms with Crippen molar-refractivity contribution in [1.82, 2.24) is 0 Å². The molecule has 1 atom stereocenters. The molecule has 0 aromatic heterocycles. The molecule has 0 unspecified atom stereocenters. The summed E-state index contributed by atoms with van der Waals surface area (Å²) in [6.07, 6.45) is 0.210. The lowest BCUT2D eigenvalue weighted by molar-refractivity contribution is 0.000959. The van der Waals surface area contributed by atoms with E-state index in [1.807, 2.05) is 42.5 Å². The molecule has 2 aromatic carbocycles. The zero-order valence-corrected chi connectivity index (χ0v) is 20.6. The Balaban J connectivity index is 1.93. The van der Waals surface area contributed by atoms with Crippen LogP contribution in [0.1, 0.15) is 43.1 Å². The maximum absolute atomic E-state index is 12.6. The Hall–Kier alpha value is -2.15. The molecular formula is C25H36O5Si. The highest BCUT2D eigenvalue weighted by Crippen LogP contribution is 2.36. The second-order valence-electron chi connectivity index (χ2n) is 9.15. The highest BCUT2D eigenvalue weighted by molar-refractivity contribution is 6.74. The first-order valence-electron chi connectivity index (χ1n) is 10.7.